The topological polar surface area (TPSA) is 37.8 Å². The number of halogens is 1. The van der Waals surface area contributed by atoms with Crippen LogP contribution in [-0.2, 0) is 6.42 Å². The molecular formula is C16H20FN3. The summed E-state index contributed by atoms with van der Waals surface area (Å²) in [7, 11) is 0. The molecule has 20 heavy (non-hydrogen) atoms. The molecule has 3 nitrogen and oxygen atoms in total. The summed E-state index contributed by atoms with van der Waals surface area (Å²) >= 11 is 0. The van der Waals surface area contributed by atoms with Crippen LogP contribution in [-0.4, -0.2) is 16.5 Å². The summed E-state index contributed by atoms with van der Waals surface area (Å²) in [5, 5.41) is 3.31. The zero-order valence-electron chi connectivity index (χ0n) is 12.2. The lowest BCUT2D eigenvalue weighted by Gasteiger charge is -2.14. The van der Waals surface area contributed by atoms with Gasteiger partial charge in [0.15, 0.2) is 0 Å². The largest absolute Gasteiger partial charge is 0.370 e. The zero-order valence-corrected chi connectivity index (χ0v) is 12.2. The van der Waals surface area contributed by atoms with Crippen molar-refractivity contribution >= 4 is 5.82 Å². The van der Waals surface area contributed by atoms with Crippen molar-refractivity contribution in [2.75, 3.05) is 11.9 Å². The lowest BCUT2D eigenvalue weighted by atomic mass is 10.00. The van der Waals surface area contributed by atoms with Gasteiger partial charge < -0.3 is 5.32 Å². The van der Waals surface area contributed by atoms with E-state index in [1.54, 1.807) is 12.1 Å². The first-order chi connectivity index (χ1) is 9.67. The Morgan fingerprint density at radius 3 is 2.70 bits per heavy atom. The molecule has 2 rings (SSSR count). The molecule has 0 spiro atoms. The van der Waals surface area contributed by atoms with E-state index >= 15 is 0 Å². The van der Waals surface area contributed by atoms with Gasteiger partial charge >= 0.3 is 0 Å². The van der Waals surface area contributed by atoms with E-state index in [4.69, 9.17) is 0 Å². The molecule has 0 saturated carbocycles. The molecule has 1 aromatic carbocycles. The van der Waals surface area contributed by atoms with Crippen molar-refractivity contribution in [3.8, 4) is 11.3 Å². The molecule has 4 heteroatoms. The standard InChI is InChI=1S/C16H20FN3/c1-4-8-18-16-13(5-2)15(19-10-20-16)14-9-12(17)7-6-11(14)3/h6-7,9-10H,4-5,8H2,1-3H3,(H,18,19,20). The molecule has 0 radical (unpaired) electrons. The third-order valence-electron chi connectivity index (χ3n) is 3.30. The number of aryl methyl sites for hydroxylation is 1. The molecule has 0 atom stereocenters. The van der Waals surface area contributed by atoms with Crippen molar-refractivity contribution in [3.05, 3.63) is 41.5 Å². The summed E-state index contributed by atoms with van der Waals surface area (Å²) in [6.07, 6.45) is 3.37. The van der Waals surface area contributed by atoms with Crippen LogP contribution >= 0.6 is 0 Å². The van der Waals surface area contributed by atoms with Crippen LogP contribution in [0.2, 0.25) is 0 Å². The van der Waals surface area contributed by atoms with Crippen LogP contribution < -0.4 is 5.32 Å². The van der Waals surface area contributed by atoms with Gasteiger partial charge in [0, 0.05) is 17.7 Å². The van der Waals surface area contributed by atoms with Crippen LogP contribution in [0.5, 0.6) is 0 Å². The maximum Gasteiger partial charge on any atom is 0.133 e. The fourth-order valence-corrected chi connectivity index (χ4v) is 2.22. The highest BCUT2D eigenvalue weighted by molar-refractivity contribution is 5.71. The van der Waals surface area contributed by atoms with Crippen LogP contribution in [0.1, 0.15) is 31.4 Å². The van der Waals surface area contributed by atoms with E-state index in [2.05, 4.69) is 29.1 Å². The molecule has 0 bridgehead atoms. The highest BCUT2D eigenvalue weighted by Crippen LogP contribution is 2.29. The number of nitrogens with zero attached hydrogens (tertiary/aromatic N) is 2. The lowest BCUT2D eigenvalue weighted by molar-refractivity contribution is 0.628. The molecule has 2 aromatic rings. The summed E-state index contributed by atoms with van der Waals surface area (Å²) in [5.74, 6) is 0.609. The van der Waals surface area contributed by atoms with E-state index < -0.39 is 0 Å². The predicted molar refractivity (Wildman–Crippen MR) is 80.3 cm³/mol. The summed E-state index contributed by atoms with van der Waals surface area (Å²) in [5.41, 5.74) is 3.71. The third-order valence-corrected chi connectivity index (χ3v) is 3.30. The van der Waals surface area contributed by atoms with Gasteiger partial charge in [0.25, 0.3) is 0 Å². The van der Waals surface area contributed by atoms with Crippen molar-refractivity contribution < 1.29 is 4.39 Å². The Morgan fingerprint density at radius 2 is 2.00 bits per heavy atom. The zero-order chi connectivity index (χ0) is 14.5. The third kappa shape index (κ3) is 2.95. The second-order valence-corrected chi connectivity index (χ2v) is 4.79. The molecule has 0 aliphatic carbocycles. The van der Waals surface area contributed by atoms with Crippen molar-refractivity contribution in [3.63, 3.8) is 0 Å². The fourth-order valence-electron chi connectivity index (χ4n) is 2.22. The maximum atomic E-state index is 13.5. The van der Waals surface area contributed by atoms with Gasteiger partial charge in [-0.25, -0.2) is 14.4 Å². The number of hydrogen-bond donors (Lipinski definition) is 1. The predicted octanol–water partition coefficient (Wildman–Crippen LogP) is 3.98. The van der Waals surface area contributed by atoms with Crippen molar-refractivity contribution in [1.29, 1.82) is 0 Å². The van der Waals surface area contributed by atoms with E-state index in [-0.39, 0.29) is 5.82 Å². The fraction of sp³-hybridized carbons (Fsp3) is 0.375. The quantitative estimate of drug-likeness (QED) is 0.895. The minimum absolute atomic E-state index is 0.241. The Morgan fingerprint density at radius 1 is 1.20 bits per heavy atom. The number of rotatable bonds is 5. The van der Waals surface area contributed by atoms with Crippen LogP contribution in [0.3, 0.4) is 0 Å². The SMILES string of the molecule is CCCNc1ncnc(-c2cc(F)ccc2C)c1CC. The summed E-state index contributed by atoms with van der Waals surface area (Å²) in [4.78, 5) is 8.68. The van der Waals surface area contributed by atoms with Crippen LogP contribution in [0, 0.1) is 12.7 Å². The van der Waals surface area contributed by atoms with Gasteiger partial charge in [-0.2, -0.15) is 0 Å². The van der Waals surface area contributed by atoms with Crippen LogP contribution in [0.4, 0.5) is 10.2 Å². The second-order valence-electron chi connectivity index (χ2n) is 4.79. The number of anilines is 1. The van der Waals surface area contributed by atoms with Crippen LogP contribution in [0.25, 0.3) is 11.3 Å². The van der Waals surface area contributed by atoms with Gasteiger partial charge in [-0.3, -0.25) is 0 Å². The molecule has 0 aliphatic rings. The van der Waals surface area contributed by atoms with E-state index in [1.807, 2.05) is 6.92 Å². The molecule has 0 fully saturated rings. The molecule has 106 valence electrons. The van der Waals surface area contributed by atoms with Crippen LogP contribution in [0.15, 0.2) is 24.5 Å². The number of aromatic nitrogens is 2. The molecule has 1 aromatic heterocycles. The Balaban J connectivity index is 2.53. The Kier molecular flexibility index (Phi) is 4.66. The molecular weight excluding hydrogens is 253 g/mol. The summed E-state index contributed by atoms with van der Waals surface area (Å²) in [6.45, 7) is 7.01. The van der Waals surface area contributed by atoms with Gasteiger partial charge in [0.1, 0.15) is 18.0 Å². The van der Waals surface area contributed by atoms with Crippen molar-refractivity contribution in [1.82, 2.24) is 9.97 Å². The Bertz CT molecular complexity index is 596. The minimum atomic E-state index is -0.241. The summed E-state index contributed by atoms with van der Waals surface area (Å²) in [6, 6.07) is 4.80. The first-order valence-electron chi connectivity index (χ1n) is 7.01. The highest BCUT2D eigenvalue weighted by Gasteiger charge is 2.13. The smallest absolute Gasteiger partial charge is 0.133 e. The number of benzene rings is 1. The normalized spacial score (nSPS) is 10.6. The van der Waals surface area contributed by atoms with E-state index in [9.17, 15) is 4.39 Å². The van der Waals surface area contributed by atoms with Gasteiger partial charge in [-0.05, 0) is 37.5 Å². The lowest BCUT2D eigenvalue weighted by Crippen LogP contribution is -2.07. The molecule has 0 amide bonds. The Hall–Kier alpha value is -1.97. The highest BCUT2D eigenvalue weighted by atomic mass is 19.1. The molecule has 1 N–H and O–H groups in total. The first kappa shape index (κ1) is 14.4. The van der Waals surface area contributed by atoms with Gasteiger partial charge in [0.05, 0.1) is 5.69 Å². The molecule has 0 saturated heterocycles. The molecule has 0 aliphatic heterocycles. The van der Waals surface area contributed by atoms with E-state index in [1.165, 1.54) is 12.4 Å². The first-order valence-corrected chi connectivity index (χ1v) is 7.01. The van der Waals surface area contributed by atoms with E-state index in [0.717, 1.165) is 47.6 Å². The molecule has 1 heterocycles. The molecule has 0 unspecified atom stereocenters. The number of nitrogens with one attached hydrogen (secondary N) is 1. The Labute approximate surface area is 119 Å². The average Bonchev–Trinajstić information content (AvgIpc) is 2.47. The summed E-state index contributed by atoms with van der Waals surface area (Å²) < 4.78 is 13.5. The van der Waals surface area contributed by atoms with Gasteiger partial charge in [-0.1, -0.05) is 19.9 Å². The van der Waals surface area contributed by atoms with E-state index in [0.29, 0.717) is 0 Å². The second kappa shape index (κ2) is 6.46. The van der Waals surface area contributed by atoms with Crippen molar-refractivity contribution in [2.45, 2.75) is 33.6 Å². The maximum absolute atomic E-state index is 13.5. The number of hydrogen-bond acceptors (Lipinski definition) is 3. The monoisotopic (exact) mass is 273 g/mol. The van der Waals surface area contributed by atoms with Gasteiger partial charge in [0.2, 0.25) is 0 Å². The van der Waals surface area contributed by atoms with Crippen molar-refractivity contribution in [2.24, 2.45) is 0 Å². The average molecular weight is 273 g/mol. The minimum Gasteiger partial charge on any atom is -0.370 e. The van der Waals surface area contributed by atoms with Gasteiger partial charge in [-0.15, -0.1) is 0 Å².